The van der Waals surface area contributed by atoms with Crippen LogP contribution >= 0.6 is 30.8 Å². The fraction of sp³-hybridized carbons (Fsp3) is 0.280. The summed E-state index contributed by atoms with van der Waals surface area (Å²) in [6.45, 7) is 2.99. The summed E-state index contributed by atoms with van der Waals surface area (Å²) in [7, 11) is -4.01. The number of oxime groups is 1. The van der Waals surface area contributed by atoms with Gasteiger partial charge in [0.05, 0.1) is 18.2 Å². The topological polar surface area (TPSA) is 92.7 Å². The molecule has 0 heterocycles. The molecule has 0 bridgehead atoms. The predicted octanol–water partition coefficient (Wildman–Crippen LogP) is 6.66. The Morgan fingerprint density at radius 1 is 0.972 bits per heavy atom. The number of carbonyl (C=O) groups is 1. The molecular weight excluding hydrogens is 528 g/mol. The van der Waals surface area contributed by atoms with Gasteiger partial charge >= 0.3 is 13.6 Å². The molecule has 0 fully saturated rings. The van der Waals surface area contributed by atoms with Crippen LogP contribution in [0, 0.1) is 0 Å². The second-order valence-corrected chi connectivity index (χ2v) is 10.3. The summed E-state index contributed by atoms with van der Waals surface area (Å²) in [4.78, 5) is 17.4. The average Bonchev–Trinajstić information content (AvgIpc) is 2.86. The van der Waals surface area contributed by atoms with Gasteiger partial charge in [-0.25, -0.2) is 4.79 Å². The Hall–Kier alpha value is -2.61. The van der Waals surface area contributed by atoms with E-state index < -0.39 is 25.2 Å². The number of carbonyl (C=O) groups excluding carboxylic acids is 1. The standard InChI is InChI=1S/C25H26Cl2NO7P/c1-3-32-36(30,33-4-2)24(28-35-23(29)18-31-20-11-7-5-8-12-20)19-15-16-22(26)25(27,17-19)34-21-13-9-6-10-14-21/h5-16H,3-4,17-18H2,1-2H3. The molecule has 192 valence electrons. The summed E-state index contributed by atoms with van der Waals surface area (Å²) >= 11 is 13.2. The molecule has 36 heavy (non-hydrogen) atoms. The third-order valence-corrected chi connectivity index (χ3v) is 7.73. The summed E-state index contributed by atoms with van der Waals surface area (Å²) in [5.74, 6) is 0.132. The molecule has 1 atom stereocenters. The normalized spacial score (nSPS) is 18.2. The van der Waals surface area contributed by atoms with E-state index in [4.69, 9.17) is 46.6 Å². The summed E-state index contributed by atoms with van der Waals surface area (Å²) in [5, 5.41) is 2.56. The van der Waals surface area contributed by atoms with Gasteiger partial charge in [-0.3, -0.25) is 4.57 Å². The monoisotopic (exact) mass is 553 g/mol. The minimum atomic E-state index is -4.01. The third-order valence-electron chi connectivity index (χ3n) is 4.71. The van der Waals surface area contributed by atoms with E-state index in [1.807, 2.05) is 12.1 Å². The highest BCUT2D eigenvalue weighted by atomic mass is 35.5. The van der Waals surface area contributed by atoms with Crippen LogP contribution in [0.4, 0.5) is 0 Å². The maximum atomic E-state index is 13.7. The number of rotatable bonds is 12. The van der Waals surface area contributed by atoms with Gasteiger partial charge in [0, 0.05) is 6.42 Å². The molecule has 2 aromatic carbocycles. The van der Waals surface area contributed by atoms with E-state index in [2.05, 4.69) is 5.16 Å². The molecule has 1 unspecified atom stereocenters. The van der Waals surface area contributed by atoms with E-state index >= 15 is 0 Å². The number of allylic oxidation sites excluding steroid dienone is 2. The lowest BCUT2D eigenvalue weighted by Gasteiger charge is -2.32. The van der Waals surface area contributed by atoms with Crippen molar-refractivity contribution in [2.24, 2.45) is 5.16 Å². The highest BCUT2D eigenvalue weighted by Crippen LogP contribution is 2.54. The molecule has 0 aliphatic heterocycles. The zero-order valence-corrected chi connectivity index (χ0v) is 22.2. The largest absolute Gasteiger partial charge is 0.482 e. The van der Waals surface area contributed by atoms with Crippen LogP contribution in [0.5, 0.6) is 11.5 Å². The Morgan fingerprint density at radius 3 is 2.14 bits per heavy atom. The molecule has 11 heteroatoms. The molecule has 3 rings (SSSR count). The highest BCUT2D eigenvalue weighted by Gasteiger charge is 2.43. The van der Waals surface area contributed by atoms with Crippen LogP contribution < -0.4 is 9.47 Å². The molecular formula is C25H26Cl2NO7P. The number of benzene rings is 2. The van der Waals surface area contributed by atoms with E-state index in [0.29, 0.717) is 17.1 Å². The summed E-state index contributed by atoms with van der Waals surface area (Å²) < 4.78 is 35.9. The minimum absolute atomic E-state index is 0.0533. The fourth-order valence-corrected chi connectivity index (χ4v) is 5.27. The van der Waals surface area contributed by atoms with Crippen molar-refractivity contribution >= 4 is 42.2 Å². The van der Waals surface area contributed by atoms with Crippen molar-refractivity contribution in [3.8, 4) is 11.5 Å². The molecule has 0 saturated heterocycles. The van der Waals surface area contributed by atoms with E-state index in [-0.39, 0.29) is 30.1 Å². The maximum Gasteiger partial charge on any atom is 0.383 e. The molecule has 0 radical (unpaired) electrons. The Balaban J connectivity index is 1.87. The van der Waals surface area contributed by atoms with Crippen LogP contribution in [0.3, 0.4) is 0 Å². The average molecular weight is 554 g/mol. The minimum Gasteiger partial charge on any atom is -0.482 e. The lowest BCUT2D eigenvalue weighted by atomic mass is 10.0. The van der Waals surface area contributed by atoms with Gasteiger partial charge in [-0.15, -0.1) is 0 Å². The number of halogens is 2. The Labute approximate surface area is 219 Å². The van der Waals surface area contributed by atoms with Crippen LogP contribution in [0.15, 0.2) is 88.6 Å². The third kappa shape index (κ3) is 7.45. The first-order valence-corrected chi connectivity index (χ1v) is 13.4. The molecule has 1 aliphatic carbocycles. The van der Waals surface area contributed by atoms with Crippen molar-refractivity contribution in [1.82, 2.24) is 0 Å². The van der Waals surface area contributed by atoms with Gasteiger partial charge in [0.1, 0.15) is 11.5 Å². The molecule has 0 spiro atoms. The number of hydrogen-bond acceptors (Lipinski definition) is 8. The highest BCUT2D eigenvalue weighted by molar-refractivity contribution is 7.73. The van der Waals surface area contributed by atoms with Crippen molar-refractivity contribution in [2.45, 2.75) is 25.3 Å². The van der Waals surface area contributed by atoms with Crippen LogP contribution in [0.2, 0.25) is 0 Å². The second-order valence-electron chi connectivity index (χ2n) is 7.34. The predicted molar refractivity (Wildman–Crippen MR) is 139 cm³/mol. The molecule has 8 nitrogen and oxygen atoms in total. The van der Waals surface area contributed by atoms with Crippen LogP contribution in [-0.4, -0.2) is 36.3 Å². The Kier molecular flexibility index (Phi) is 10.2. The van der Waals surface area contributed by atoms with Crippen LogP contribution in [0.25, 0.3) is 0 Å². The lowest BCUT2D eigenvalue weighted by Crippen LogP contribution is -2.34. The fourth-order valence-electron chi connectivity index (χ4n) is 3.16. The van der Waals surface area contributed by atoms with Crippen molar-refractivity contribution in [2.75, 3.05) is 19.8 Å². The zero-order chi connectivity index (χ0) is 26.0. The van der Waals surface area contributed by atoms with Gasteiger partial charge in [0.15, 0.2) is 12.1 Å². The first-order valence-electron chi connectivity index (χ1n) is 11.1. The number of para-hydroxylation sites is 2. The lowest BCUT2D eigenvalue weighted by molar-refractivity contribution is -0.145. The van der Waals surface area contributed by atoms with Gasteiger partial charge < -0.3 is 23.4 Å². The first kappa shape index (κ1) is 28.0. The zero-order valence-electron chi connectivity index (χ0n) is 19.8. The summed E-state index contributed by atoms with van der Waals surface area (Å²) in [6, 6.07) is 17.6. The number of hydrogen-bond donors (Lipinski definition) is 0. The SMILES string of the molecule is CCOP(=O)(OCC)C(=NOC(=O)COc1ccccc1)C1=CC=C(Cl)C(Cl)(Oc2ccccc2)C1. The van der Waals surface area contributed by atoms with E-state index in [0.717, 1.165) is 0 Å². The number of alkyl halides is 1. The van der Waals surface area contributed by atoms with Gasteiger partial charge in [0.25, 0.3) is 0 Å². The van der Waals surface area contributed by atoms with E-state index in [9.17, 15) is 9.36 Å². The molecule has 0 N–H and O–H groups in total. The van der Waals surface area contributed by atoms with Crippen molar-refractivity contribution in [3.63, 3.8) is 0 Å². The molecule has 1 aliphatic rings. The van der Waals surface area contributed by atoms with Gasteiger partial charge in [-0.2, -0.15) is 0 Å². The molecule has 0 saturated carbocycles. The quantitative estimate of drug-likeness (QED) is 0.0953. The van der Waals surface area contributed by atoms with Crippen LogP contribution in [-0.2, 0) is 23.2 Å². The Bertz CT molecular complexity index is 1160. The van der Waals surface area contributed by atoms with Crippen LogP contribution in [0.1, 0.15) is 20.3 Å². The Morgan fingerprint density at radius 2 is 1.56 bits per heavy atom. The number of ether oxygens (including phenoxy) is 2. The first-order chi connectivity index (χ1) is 17.3. The van der Waals surface area contributed by atoms with E-state index in [1.165, 1.54) is 6.08 Å². The second kappa shape index (κ2) is 13.1. The van der Waals surface area contributed by atoms with Gasteiger partial charge in [0.2, 0.25) is 5.06 Å². The molecule has 2 aromatic rings. The summed E-state index contributed by atoms with van der Waals surface area (Å²) in [5.41, 5.74) is 0.0775. The molecule has 0 aromatic heterocycles. The summed E-state index contributed by atoms with van der Waals surface area (Å²) in [6.07, 6.45) is 2.98. The maximum absolute atomic E-state index is 13.7. The number of nitrogens with zero attached hydrogens (tertiary/aromatic N) is 1. The van der Waals surface area contributed by atoms with E-state index in [1.54, 1.807) is 68.5 Å². The van der Waals surface area contributed by atoms with Gasteiger partial charge in [-0.05, 0) is 49.8 Å². The smallest absolute Gasteiger partial charge is 0.383 e. The van der Waals surface area contributed by atoms with Crippen molar-refractivity contribution in [3.05, 3.63) is 83.4 Å². The van der Waals surface area contributed by atoms with Crippen molar-refractivity contribution in [1.29, 1.82) is 0 Å². The van der Waals surface area contributed by atoms with Gasteiger partial charge in [-0.1, -0.05) is 70.8 Å². The molecule has 0 amide bonds. The van der Waals surface area contributed by atoms with Crippen molar-refractivity contribution < 1.29 is 32.7 Å².